The van der Waals surface area contributed by atoms with E-state index in [9.17, 15) is 0 Å². The van der Waals surface area contributed by atoms with E-state index in [1.807, 2.05) is 0 Å². The fourth-order valence-corrected chi connectivity index (χ4v) is 1.90. The van der Waals surface area contributed by atoms with Crippen LogP contribution in [0.3, 0.4) is 0 Å². The van der Waals surface area contributed by atoms with E-state index >= 15 is 0 Å². The summed E-state index contributed by atoms with van der Waals surface area (Å²) in [6.07, 6.45) is 10.7. The normalized spacial score (nSPS) is 12.9. The van der Waals surface area contributed by atoms with Gasteiger partial charge in [0, 0.05) is 0 Å². The Morgan fingerprint density at radius 2 is 1.43 bits per heavy atom. The lowest BCUT2D eigenvalue weighted by Gasteiger charge is -2.09. The first-order chi connectivity index (χ1) is 6.76. The minimum atomic E-state index is 1.26. The molecular formula is C14H28. The monoisotopic (exact) mass is 196 g/mol. The average Bonchev–Trinajstić information content (AvgIpc) is 2.19. The number of hydrogen-bond acceptors (Lipinski definition) is 0. The quantitative estimate of drug-likeness (QED) is 0.356. The maximum absolute atomic E-state index is 2.34. The number of unbranched alkanes of at least 4 members (excludes halogenated alkanes) is 3. The first-order valence-corrected chi connectivity index (χ1v) is 6.43. The molecular weight excluding hydrogens is 168 g/mol. The third-order valence-electron chi connectivity index (χ3n) is 3.02. The lowest BCUT2D eigenvalue weighted by atomic mass is 9.97. The van der Waals surface area contributed by atoms with Crippen LogP contribution >= 0.6 is 0 Å². The molecule has 0 aliphatic heterocycles. The van der Waals surface area contributed by atoms with Crippen LogP contribution < -0.4 is 0 Å². The standard InChI is InChI=1S/C14H28/c1-5-8-10-11-13(4)14(7-3)12-9-6-2/h5-12H2,1-4H3. The fourth-order valence-electron chi connectivity index (χ4n) is 1.90. The minimum Gasteiger partial charge on any atom is -0.0741 e. The summed E-state index contributed by atoms with van der Waals surface area (Å²) in [5, 5.41) is 0. The van der Waals surface area contributed by atoms with Crippen molar-refractivity contribution in [2.24, 2.45) is 0 Å². The van der Waals surface area contributed by atoms with Gasteiger partial charge in [0.2, 0.25) is 0 Å². The highest BCUT2D eigenvalue weighted by molar-refractivity contribution is 5.11. The molecule has 0 saturated carbocycles. The molecule has 0 aromatic heterocycles. The van der Waals surface area contributed by atoms with Crippen LogP contribution in [0.4, 0.5) is 0 Å². The predicted molar refractivity (Wildman–Crippen MR) is 66.7 cm³/mol. The van der Waals surface area contributed by atoms with Crippen molar-refractivity contribution in [3.8, 4) is 0 Å². The van der Waals surface area contributed by atoms with E-state index in [2.05, 4.69) is 27.7 Å². The van der Waals surface area contributed by atoms with Gasteiger partial charge in [0.15, 0.2) is 0 Å². The summed E-state index contributed by atoms with van der Waals surface area (Å²) in [7, 11) is 0. The van der Waals surface area contributed by atoms with Crippen molar-refractivity contribution in [2.75, 3.05) is 0 Å². The molecule has 0 spiro atoms. The summed E-state index contributed by atoms with van der Waals surface area (Å²) >= 11 is 0. The van der Waals surface area contributed by atoms with Gasteiger partial charge in [-0.05, 0) is 39.0 Å². The van der Waals surface area contributed by atoms with Crippen molar-refractivity contribution in [3.05, 3.63) is 11.1 Å². The Bertz CT molecular complexity index is 153. The largest absolute Gasteiger partial charge is 0.0741 e. The van der Waals surface area contributed by atoms with E-state index < -0.39 is 0 Å². The van der Waals surface area contributed by atoms with Crippen LogP contribution in [0.1, 0.15) is 79.1 Å². The molecule has 14 heavy (non-hydrogen) atoms. The lowest BCUT2D eigenvalue weighted by Crippen LogP contribution is -1.89. The van der Waals surface area contributed by atoms with E-state index in [1.54, 1.807) is 11.1 Å². The molecule has 0 N–H and O–H groups in total. The number of allylic oxidation sites excluding steroid dienone is 2. The van der Waals surface area contributed by atoms with Gasteiger partial charge >= 0.3 is 0 Å². The molecule has 0 aromatic carbocycles. The lowest BCUT2D eigenvalue weighted by molar-refractivity contribution is 0.693. The van der Waals surface area contributed by atoms with Crippen LogP contribution in [0.15, 0.2) is 11.1 Å². The van der Waals surface area contributed by atoms with Gasteiger partial charge in [0.25, 0.3) is 0 Å². The Kier molecular flexibility index (Phi) is 9.13. The average molecular weight is 196 g/mol. The molecule has 0 nitrogen and oxygen atoms in total. The highest BCUT2D eigenvalue weighted by Crippen LogP contribution is 2.20. The van der Waals surface area contributed by atoms with Gasteiger partial charge in [0.05, 0.1) is 0 Å². The van der Waals surface area contributed by atoms with Gasteiger partial charge in [-0.25, -0.2) is 0 Å². The van der Waals surface area contributed by atoms with Gasteiger partial charge in [-0.1, -0.05) is 51.2 Å². The van der Waals surface area contributed by atoms with Crippen molar-refractivity contribution in [2.45, 2.75) is 79.1 Å². The fraction of sp³-hybridized carbons (Fsp3) is 0.857. The van der Waals surface area contributed by atoms with Crippen LogP contribution in [0.2, 0.25) is 0 Å². The topological polar surface area (TPSA) is 0 Å². The number of rotatable bonds is 8. The van der Waals surface area contributed by atoms with Crippen LogP contribution in [0.5, 0.6) is 0 Å². The van der Waals surface area contributed by atoms with E-state index in [4.69, 9.17) is 0 Å². The maximum Gasteiger partial charge on any atom is -0.0318 e. The molecule has 0 atom stereocenters. The van der Waals surface area contributed by atoms with E-state index in [0.29, 0.717) is 0 Å². The number of hydrogen-bond donors (Lipinski definition) is 0. The second-order valence-electron chi connectivity index (χ2n) is 4.30. The Labute approximate surface area is 90.8 Å². The summed E-state index contributed by atoms with van der Waals surface area (Å²) in [6, 6.07) is 0. The Hall–Kier alpha value is -0.260. The molecule has 0 aromatic rings. The van der Waals surface area contributed by atoms with E-state index in [0.717, 1.165) is 0 Å². The summed E-state index contributed by atoms with van der Waals surface area (Å²) < 4.78 is 0. The zero-order valence-corrected chi connectivity index (χ0v) is 10.7. The van der Waals surface area contributed by atoms with Gasteiger partial charge < -0.3 is 0 Å². The first-order valence-electron chi connectivity index (χ1n) is 6.43. The second-order valence-corrected chi connectivity index (χ2v) is 4.30. The van der Waals surface area contributed by atoms with Crippen LogP contribution in [0.25, 0.3) is 0 Å². The SMILES string of the molecule is CCCCCC(C)=C(CC)CCCC. The third-order valence-corrected chi connectivity index (χ3v) is 3.02. The summed E-state index contributed by atoms with van der Waals surface area (Å²) in [6.45, 7) is 9.19. The van der Waals surface area contributed by atoms with Crippen molar-refractivity contribution < 1.29 is 0 Å². The van der Waals surface area contributed by atoms with Gasteiger partial charge in [0.1, 0.15) is 0 Å². The highest BCUT2D eigenvalue weighted by Gasteiger charge is 2.00. The molecule has 0 saturated heterocycles. The molecule has 0 heterocycles. The van der Waals surface area contributed by atoms with Gasteiger partial charge in [-0.15, -0.1) is 0 Å². The zero-order chi connectivity index (χ0) is 10.8. The molecule has 84 valence electrons. The van der Waals surface area contributed by atoms with E-state index in [-0.39, 0.29) is 0 Å². The molecule has 0 aliphatic rings. The first kappa shape index (κ1) is 13.7. The van der Waals surface area contributed by atoms with Crippen molar-refractivity contribution in [1.82, 2.24) is 0 Å². The van der Waals surface area contributed by atoms with Crippen molar-refractivity contribution in [1.29, 1.82) is 0 Å². The Morgan fingerprint density at radius 3 is 1.93 bits per heavy atom. The highest BCUT2D eigenvalue weighted by atomic mass is 14.1. The molecule has 0 rings (SSSR count). The minimum absolute atomic E-state index is 1.26. The molecule has 0 bridgehead atoms. The molecule has 0 fully saturated rings. The third kappa shape index (κ3) is 6.23. The summed E-state index contributed by atoms with van der Waals surface area (Å²) in [5.74, 6) is 0. The molecule has 0 radical (unpaired) electrons. The molecule has 0 heteroatoms. The molecule has 0 aliphatic carbocycles. The Balaban J connectivity index is 3.92. The summed E-state index contributed by atoms with van der Waals surface area (Å²) in [5.41, 5.74) is 3.40. The van der Waals surface area contributed by atoms with Crippen LogP contribution in [-0.4, -0.2) is 0 Å². The van der Waals surface area contributed by atoms with Crippen molar-refractivity contribution in [3.63, 3.8) is 0 Å². The Morgan fingerprint density at radius 1 is 0.786 bits per heavy atom. The molecule has 0 unspecified atom stereocenters. The van der Waals surface area contributed by atoms with Crippen molar-refractivity contribution >= 4 is 0 Å². The second kappa shape index (κ2) is 9.30. The van der Waals surface area contributed by atoms with E-state index in [1.165, 1.54) is 51.4 Å². The molecule has 0 amide bonds. The maximum atomic E-state index is 2.34. The zero-order valence-electron chi connectivity index (χ0n) is 10.7. The summed E-state index contributed by atoms with van der Waals surface area (Å²) in [4.78, 5) is 0. The van der Waals surface area contributed by atoms with Crippen LogP contribution in [0, 0.1) is 0 Å². The smallest absolute Gasteiger partial charge is 0.0318 e. The van der Waals surface area contributed by atoms with Crippen LogP contribution in [-0.2, 0) is 0 Å². The van der Waals surface area contributed by atoms with Gasteiger partial charge in [-0.3, -0.25) is 0 Å². The van der Waals surface area contributed by atoms with Gasteiger partial charge in [-0.2, -0.15) is 0 Å². The predicted octanol–water partition coefficient (Wildman–Crippen LogP) is 5.48.